The van der Waals surface area contributed by atoms with Crippen LogP contribution in [0.2, 0.25) is 5.02 Å². The summed E-state index contributed by atoms with van der Waals surface area (Å²) in [5.41, 5.74) is 2.19. The van der Waals surface area contributed by atoms with Crippen LogP contribution in [0.5, 0.6) is 11.5 Å². The lowest BCUT2D eigenvalue weighted by Gasteiger charge is -2.15. The summed E-state index contributed by atoms with van der Waals surface area (Å²) in [6.45, 7) is 4.26. The van der Waals surface area contributed by atoms with E-state index in [0.717, 1.165) is 39.5 Å². The Morgan fingerprint density at radius 1 is 1.14 bits per heavy atom. The molecule has 2 aromatic rings. The van der Waals surface area contributed by atoms with Gasteiger partial charge in [0.15, 0.2) is 11.5 Å². The van der Waals surface area contributed by atoms with Gasteiger partial charge in [-0.1, -0.05) is 30.7 Å². The molecular weight excluding hydrogens is 366 g/mol. The number of benzene rings is 2. The molecule has 0 amide bonds. The van der Waals surface area contributed by atoms with Crippen molar-refractivity contribution in [1.82, 2.24) is 5.32 Å². The fourth-order valence-corrected chi connectivity index (χ4v) is 2.75. The van der Waals surface area contributed by atoms with E-state index in [2.05, 4.69) is 28.2 Å². The van der Waals surface area contributed by atoms with Crippen LogP contribution in [-0.4, -0.2) is 13.7 Å². The van der Waals surface area contributed by atoms with E-state index in [1.807, 2.05) is 36.4 Å². The number of methoxy groups -OCH3 is 1. The predicted molar refractivity (Wildman–Crippen MR) is 93.9 cm³/mol. The molecule has 0 atom stereocenters. The van der Waals surface area contributed by atoms with E-state index in [0.29, 0.717) is 12.4 Å². The van der Waals surface area contributed by atoms with E-state index in [9.17, 15) is 0 Å². The molecular formula is C17H19BrClNO2. The van der Waals surface area contributed by atoms with Crippen molar-refractivity contribution in [3.05, 3.63) is 57.0 Å². The fourth-order valence-electron chi connectivity index (χ4n) is 2.02. The summed E-state index contributed by atoms with van der Waals surface area (Å²) in [7, 11) is 1.65. The van der Waals surface area contributed by atoms with Gasteiger partial charge in [-0.25, -0.2) is 0 Å². The van der Waals surface area contributed by atoms with Crippen LogP contribution in [0.25, 0.3) is 0 Å². The van der Waals surface area contributed by atoms with Gasteiger partial charge in [0.2, 0.25) is 0 Å². The smallest absolute Gasteiger partial charge is 0.175 e. The van der Waals surface area contributed by atoms with Gasteiger partial charge in [-0.2, -0.15) is 0 Å². The molecule has 2 aromatic carbocycles. The van der Waals surface area contributed by atoms with E-state index >= 15 is 0 Å². The molecule has 1 N–H and O–H groups in total. The monoisotopic (exact) mass is 383 g/mol. The number of hydrogen-bond donors (Lipinski definition) is 1. The molecule has 0 spiro atoms. The Labute approximate surface area is 144 Å². The second-order valence-corrected chi connectivity index (χ2v) is 6.10. The molecule has 0 aliphatic carbocycles. The third-order valence-corrected chi connectivity index (χ3v) is 4.01. The lowest BCUT2D eigenvalue weighted by atomic mass is 10.2. The van der Waals surface area contributed by atoms with E-state index < -0.39 is 0 Å². The van der Waals surface area contributed by atoms with Crippen LogP contribution in [-0.2, 0) is 13.2 Å². The average Bonchev–Trinajstić information content (AvgIpc) is 2.53. The first kappa shape index (κ1) is 17.1. The van der Waals surface area contributed by atoms with E-state index in [1.54, 1.807) is 7.11 Å². The Balaban J connectivity index is 2.13. The second kappa shape index (κ2) is 8.42. The van der Waals surface area contributed by atoms with Crippen molar-refractivity contribution in [2.75, 3.05) is 13.7 Å². The molecule has 22 heavy (non-hydrogen) atoms. The van der Waals surface area contributed by atoms with Crippen molar-refractivity contribution < 1.29 is 9.47 Å². The minimum absolute atomic E-state index is 0.457. The molecule has 0 aliphatic heterocycles. The van der Waals surface area contributed by atoms with Crippen LogP contribution in [0.15, 0.2) is 40.9 Å². The predicted octanol–water partition coefficient (Wildman–Crippen LogP) is 4.80. The molecule has 3 nitrogen and oxygen atoms in total. The van der Waals surface area contributed by atoms with Crippen molar-refractivity contribution in [2.45, 2.75) is 20.1 Å². The van der Waals surface area contributed by atoms with Crippen LogP contribution >= 0.6 is 27.5 Å². The molecule has 0 saturated heterocycles. The molecule has 118 valence electrons. The Morgan fingerprint density at radius 3 is 2.50 bits per heavy atom. The lowest BCUT2D eigenvalue weighted by Crippen LogP contribution is -2.12. The molecule has 0 aliphatic rings. The van der Waals surface area contributed by atoms with Gasteiger partial charge < -0.3 is 14.8 Å². The Bertz CT molecular complexity index is 617. The average molecular weight is 385 g/mol. The highest BCUT2D eigenvalue weighted by molar-refractivity contribution is 9.10. The third-order valence-electron chi connectivity index (χ3n) is 3.16. The van der Waals surface area contributed by atoms with Crippen LogP contribution in [0, 0.1) is 0 Å². The maximum absolute atomic E-state index is 5.91. The first-order valence-corrected chi connectivity index (χ1v) is 8.25. The summed E-state index contributed by atoms with van der Waals surface area (Å²) in [4.78, 5) is 0. The first-order chi connectivity index (χ1) is 10.6. The quantitative estimate of drug-likeness (QED) is 0.744. The van der Waals surface area contributed by atoms with E-state index in [-0.39, 0.29) is 0 Å². The van der Waals surface area contributed by atoms with Crippen molar-refractivity contribution in [2.24, 2.45) is 0 Å². The first-order valence-electron chi connectivity index (χ1n) is 7.08. The molecule has 0 radical (unpaired) electrons. The molecule has 0 bridgehead atoms. The van der Waals surface area contributed by atoms with Crippen molar-refractivity contribution in [3.8, 4) is 11.5 Å². The van der Waals surface area contributed by atoms with Crippen molar-refractivity contribution >= 4 is 27.5 Å². The molecule has 2 rings (SSSR count). The molecule has 0 unspecified atom stereocenters. The van der Waals surface area contributed by atoms with E-state index in [1.165, 1.54) is 0 Å². The number of halogens is 2. The zero-order chi connectivity index (χ0) is 15.9. The Hall–Kier alpha value is -1.23. The Kier molecular flexibility index (Phi) is 6.55. The molecule has 0 saturated carbocycles. The van der Waals surface area contributed by atoms with Gasteiger partial charge in [0, 0.05) is 11.6 Å². The second-order valence-electron chi connectivity index (χ2n) is 4.80. The molecule has 0 fully saturated rings. The summed E-state index contributed by atoms with van der Waals surface area (Å²) in [6, 6.07) is 11.6. The van der Waals surface area contributed by atoms with Gasteiger partial charge in [0.05, 0.1) is 11.6 Å². The topological polar surface area (TPSA) is 30.5 Å². The van der Waals surface area contributed by atoms with Crippen LogP contribution in [0.1, 0.15) is 18.1 Å². The van der Waals surface area contributed by atoms with Crippen molar-refractivity contribution in [1.29, 1.82) is 0 Å². The summed E-state index contributed by atoms with van der Waals surface area (Å²) in [5.74, 6) is 1.42. The zero-order valence-electron chi connectivity index (χ0n) is 12.7. The molecule has 0 aromatic heterocycles. The van der Waals surface area contributed by atoms with Crippen LogP contribution in [0.3, 0.4) is 0 Å². The maximum atomic E-state index is 5.91. The number of ether oxygens (including phenoxy) is 2. The number of nitrogens with one attached hydrogen (secondary N) is 1. The summed E-state index contributed by atoms with van der Waals surface area (Å²) >= 11 is 9.45. The minimum atomic E-state index is 0.457. The van der Waals surface area contributed by atoms with E-state index in [4.69, 9.17) is 21.1 Å². The summed E-state index contributed by atoms with van der Waals surface area (Å²) in [5, 5.41) is 4.01. The lowest BCUT2D eigenvalue weighted by molar-refractivity contribution is 0.282. The zero-order valence-corrected chi connectivity index (χ0v) is 15.0. The molecule has 0 heterocycles. The van der Waals surface area contributed by atoms with Gasteiger partial charge in [0.25, 0.3) is 0 Å². The third kappa shape index (κ3) is 4.63. The normalized spacial score (nSPS) is 10.5. The summed E-state index contributed by atoms with van der Waals surface area (Å²) in [6.07, 6.45) is 0. The highest BCUT2D eigenvalue weighted by Gasteiger charge is 2.12. The molecule has 5 heteroatoms. The number of hydrogen-bond acceptors (Lipinski definition) is 3. The highest BCUT2D eigenvalue weighted by atomic mass is 79.9. The minimum Gasteiger partial charge on any atom is -0.493 e. The van der Waals surface area contributed by atoms with Gasteiger partial charge >= 0.3 is 0 Å². The van der Waals surface area contributed by atoms with Gasteiger partial charge in [-0.3, -0.25) is 0 Å². The SMILES string of the molecule is CCNCc1cc(Br)c(OCc2ccc(Cl)cc2)c(OC)c1. The Morgan fingerprint density at radius 2 is 1.86 bits per heavy atom. The fraction of sp³-hybridized carbons (Fsp3) is 0.294. The van der Waals surface area contributed by atoms with Gasteiger partial charge in [-0.05, 0) is 57.9 Å². The largest absolute Gasteiger partial charge is 0.493 e. The maximum Gasteiger partial charge on any atom is 0.175 e. The standard InChI is InChI=1S/C17H19BrClNO2/c1-3-20-10-13-8-15(18)17(16(9-13)21-2)22-11-12-4-6-14(19)7-5-12/h4-9,20H,3,10-11H2,1-2H3. The van der Waals surface area contributed by atoms with Gasteiger partial charge in [0.1, 0.15) is 6.61 Å². The van der Waals surface area contributed by atoms with Crippen LogP contribution in [0.4, 0.5) is 0 Å². The van der Waals surface area contributed by atoms with Gasteiger partial charge in [-0.15, -0.1) is 0 Å². The van der Waals surface area contributed by atoms with Crippen molar-refractivity contribution in [3.63, 3.8) is 0 Å². The summed E-state index contributed by atoms with van der Waals surface area (Å²) < 4.78 is 12.2. The number of rotatable bonds is 7. The highest BCUT2D eigenvalue weighted by Crippen LogP contribution is 2.37. The van der Waals surface area contributed by atoms with Crippen LogP contribution < -0.4 is 14.8 Å².